The molecule has 1 aliphatic heterocycles. The van der Waals surface area contributed by atoms with E-state index < -0.39 is 32.0 Å². The summed E-state index contributed by atoms with van der Waals surface area (Å²) >= 11 is 0. The van der Waals surface area contributed by atoms with Gasteiger partial charge in [-0.3, -0.25) is 4.79 Å². The molecule has 0 aliphatic carbocycles. The molecule has 156 valence electrons. The zero-order valence-electron chi connectivity index (χ0n) is 16.1. The first-order valence-corrected chi connectivity index (χ1v) is 12.0. The van der Waals surface area contributed by atoms with Crippen molar-refractivity contribution in [2.75, 3.05) is 11.9 Å². The number of sulfonamides is 2. The number of rotatable bonds is 5. The lowest BCUT2D eigenvalue weighted by Gasteiger charge is -2.23. The molecular formula is C19H23N3O5S2. The second kappa shape index (κ2) is 7.86. The first kappa shape index (κ1) is 21.4. The predicted octanol–water partition coefficient (Wildman–Crippen LogP) is 1.74. The highest BCUT2D eigenvalue weighted by Gasteiger charge is 2.39. The van der Waals surface area contributed by atoms with Gasteiger partial charge in [0.15, 0.2) is 0 Å². The Morgan fingerprint density at radius 1 is 1.07 bits per heavy atom. The maximum atomic E-state index is 13.0. The first-order chi connectivity index (χ1) is 13.5. The molecule has 1 amide bonds. The van der Waals surface area contributed by atoms with Crippen molar-refractivity contribution in [3.05, 3.63) is 53.6 Å². The van der Waals surface area contributed by atoms with Crippen LogP contribution >= 0.6 is 0 Å². The van der Waals surface area contributed by atoms with Crippen molar-refractivity contribution in [1.82, 2.24) is 4.31 Å². The van der Waals surface area contributed by atoms with Crippen LogP contribution in [0.3, 0.4) is 0 Å². The molecule has 1 heterocycles. The molecular weight excluding hydrogens is 414 g/mol. The number of anilines is 1. The minimum Gasteiger partial charge on any atom is -0.325 e. The van der Waals surface area contributed by atoms with Gasteiger partial charge in [-0.2, -0.15) is 4.31 Å². The highest BCUT2D eigenvalue weighted by molar-refractivity contribution is 7.89. The third kappa shape index (κ3) is 4.50. The van der Waals surface area contributed by atoms with Gasteiger partial charge in [0.1, 0.15) is 6.04 Å². The number of carbonyl (C=O) groups excluding carboxylic acids is 1. The maximum Gasteiger partial charge on any atom is 0.243 e. The van der Waals surface area contributed by atoms with Gasteiger partial charge >= 0.3 is 0 Å². The second-order valence-electron chi connectivity index (χ2n) is 7.10. The van der Waals surface area contributed by atoms with E-state index >= 15 is 0 Å². The molecule has 2 aromatic carbocycles. The average Bonchev–Trinajstić information content (AvgIpc) is 3.13. The number of aryl methyl sites for hydroxylation is 2. The van der Waals surface area contributed by atoms with Gasteiger partial charge in [-0.15, -0.1) is 0 Å². The van der Waals surface area contributed by atoms with Crippen molar-refractivity contribution in [3.63, 3.8) is 0 Å². The largest absolute Gasteiger partial charge is 0.325 e. The molecule has 0 saturated carbocycles. The van der Waals surface area contributed by atoms with Gasteiger partial charge in [0.2, 0.25) is 26.0 Å². The SMILES string of the molecule is Cc1ccc(S(=O)(=O)N2CCCC2C(=O)Nc2ccc(C)c(S(N)(=O)=O)c2)cc1. The molecule has 1 unspecified atom stereocenters. The molecule has 2 aromatic rings. The van der Waals surface area contributed by atoms with Crippen LogP contribution in [0.1, 0.15) is 24.0 Å². The summed E-state index contributed by atoms with van der Waals surface area (Å²) in [5, 5.41) is 7.83. The number of nitrogens with one attached hydrogen (secondary N) is 1. The smallest absolute Gasteiger partial charge is 0.243 e. The molecule has 3 N–H and O–H groups in total. The fraction of sp³-hybridized carbons (Fsp3) is 0.316. The lowest BCUT2D eigenvalue weighted by Crippen LogP contribution is -2.43. The second-order valence-corrected chi connectivity index (χ2v) is 10.5. The topological polar surface area (TPSA) is 127 Å². The number of hydrogen-bond acceptors (Lipinski definition) is 5. The molecule has 8 nitrogen and oxygen atoms in total. The Kier molecular flexibility index (Phi) is 5.81. The molecule has 0 radical (unpaired) electrons. The fourth-order valence-corrected chi connectivity index (χ4v) is 5.81. The predicted molar refractivity (Wildman–Crippen MR) is 109 cm³/mol. The van der Waals surface area contributed by atoms with Crippen molar-refractivity contribution in [3.8, 4) is 0 Å². The van der Waals surface area contributed by atoms with Crippen LogP contribution in [0.4, 0.5) is 5.69 Å². The van der Waals surface area contributed by atoms with Crippen LogP contribution < -0.4 is 10.5 Å². The Labute approximate surface area is 170 Å². The molecule has 0 bridgehead atoms. The zero-order chi connectivity index (χ0) is 21.4. The fourth-order valence-electron chi connectivity index (χ4n) is 3.35. The lowest BCUT2D eigenvalue weighted by atomic mass is 10.2. The van der Waals surface area contributed by atoms with E-state index in [0.29, 0.717) is 18.4 Å². The number of nitrogens with two attached hydrogens (primary N) is 1. The van der Waals surface area contributed by atoms with Crippen molar-refractivity contribution in [2.24, 2.45) is 5.14 Å². The van der Waals surface area contributed by atoms with Crippen LogP contribution in [-0.2, 0) is 24.8 Å². The van der Waals surface area contributed by atoms with Crippen molar-refractivity contribution >= 4 is 31.6 Å². The highest BCUT2D eigenvalue weighted by Crippen LogP contribution is 2.28. The van der Waals surface area contributed by atoms with Crippen molar-refractivity contribution in [2.45, 2.75) is 42.5 Å². The van der Waals surface area contributed by atoms with Gasteiger partial charge in [0, 0.05) is 12.2 Å². The highest BCUT2D eigenvalue weighted by atomic mass is 32.2. The van der Waals surface area contributed by atoms with Gasteiger partial charge in [-0.05, 0) is 56.5 Å². The quantitative estimate of drug-likeness (QED) is 0.737. The van der Waals surface area contributed by atoms with E-state index in [4.69, 9.17) is 5.14 Å². The molecule has 1 fully saturated rings. The third-order valence-corrected chi connectivity index (χ3v) is 7.87. The molecule has 1 aliphatic rings. The molecule has 1 saturated heterocycles. The third-order valence-electron chi connectivity index (χ3n) is 4.90. The van der Waals surface area contributed by atoms with E-state index in [9.17, 15) is 21.6 Å². The van der Waals surface area contributed by atoms with Crippen molar-refractivity contribution < 1.29 is 21.6 Å². The number of nitrogens with zero attached hydrogens (tertiary/aromatic N) is 1. The minimum absolute atomic E-state index is 0.0918. The Morgan fingerprint density at radius 3 is 2.34 bits per heavy atom. The first-order valence-electron chi connectivity index (χ1n) is 9.03. The normalized spacial score (nSPS) is 18.0. The minimum atomic E-state index is -3.94. The monoisotopic (exact) mass is 437 g/mol. The Morgan fingerprint density at radius 2 is 1.72 bits per heavy atom. The van der Waals surface area contributed by atoms with E-state index in [2.05, 4.69) is 5.32 Å². The van der Waals surface area contributed by atoms with Gasteiger partial charge in [-0.25, -0.2) is 22.0 Å². The van der Waals surface area contributed by atoms with Crippen LogP contribution in [0.2, 0.25) is 0 Å². The van der Waals surface area contributed by atoms with E-state index in [-0.39, 0.29) is 22.0 Å². The Bertz CT molecular complexity index is 1140. The number of benzene rings is 2. The van der Waals surface area contributed by atoms with Crippen LogP contribution in [0.25, 0.3) is 0 Å². The van der Waals surface area contributed by atoms with E-state index in [1.807, 2.05) is 6.92 Å². The summed E-state index contributed by atoms with van der Waals surface area (Å²) in [6.07, 6.45) is 0.935. The number of primary sulfonamides is 1. The summed E-state index contributed by atoms with van der Waals surface area (Å²) in [5.41, 5.74) is 1.63. The van der Waals surface area contributed by atoms with Crippen LogP contribution in [0.15, 0.2) is 52.3 Å². The molecule has 29 heavy (non-hydrogen) atoms. The summed E-state index contributed by atoms with van der Waals surface area (Å²) in [4.78, 5) is 12.8. The van der Waals surface area contributed by atoms with Gasteiger partial charge in [0.05, 0.1) is 9.79 Å². The molecule has 0 aromatic heterocycles. The Balaban J connectivity index is 1.85. The van der Waals surface area contributed by atoms with E-state index in [1.165, 1.54) is 28.6 Å². The molecule has 1 atom stereocenters. The Hall–Kier alpha value is -2.27. The van der Waals surface area contributed by atoms with Crippen LogP contribution in [0.5, 0.6) is 0 Å². The molecule has 0 spiro atoms. The van der Waals surface area contributed by atoms with Crippen molar-refractivity contribution in [1.29, 1.82) is 0 Å². The van der Waals surface area contributed by atoms with Crippen LogP contribution in [0, 0.1) is 13.8 Å². The standard InChI is InChI=1S/C19H23N3O5S2/c1-13-5-9-16(10-6-13)29(26,27)22-11-3-4-17(22)19(23)21-15-8-7-14(2)18(12-15)28(20,24)25/h5-10,12,17H,3-4,11H2,1-2H3,(H,21,23)(H2,20,24,25). The van der Waals surface area contributed by atoms with Gasteiger partial charge < -0.3 is 5.32 Å². The van der Waals surface area contributed by atoms with Crippen LogP contribution in [-0.4, -0.2) is 39.6 Å². The summed E-state index contributed by atoms with van der Waals surface area (Å²) in [7, 11) is -7.77. The summed E-state index contributed by atoms with van der Waals surface area (Å²) in [6, 6.07) is 9.95. The van der Waals surface area contributed by atoms with Gasteiger partial charge in [-0.1, -0.05) is 23.8 Å². The summed E-state index contributed by atoms with van der Waals surface area (Å²) in [6.45, 7) is 3.70. The summed E-state index contributed by atoms with van der Waals surface area (Å²) in [5.74, 6) is -0.512. The summed E-state index contributed by atoms with van der Waals surface area (Å²) < 4.78 is 50.6. The van der Waals surface area contributed by atoms with E-state index in [1.54, 1.807) is 25.1 Å². The molecule has 3 rings (SSSR count). The molecule has 10 heteroatoms. The maximum absolute atomic E-state index is 13.0. The van der Waals surface area contributed by atoms with E-state index in [0.717, 1.165) is 5.56 Å². The lowest BCUT2D eigenvalue weighted by molar-refractivity contribution is -0.119. The number of amides is 1. The number of carbonyl (C=O) groups is 1. The van der Waals surface area contributed by atoms with Gasteiger partial charge in [0.25, 0.3) is 0 Å². The number of hydrogen-bond donors (Lipinski definition) is 2. The average molecular weight is 438 g/mol. The zero-order valence-corrected chi connectivity index (χ0v) is 17.8.